The largest absolute Gasteiger partial charge is 0.465 e. The second-order valence-corrected chi connectivity index (χ2v) is 5.68. The molecule has 0 bridgehead atoms. The number of nitrogens with zero attached hydrogens (tertiary/aromatic N) is 1. The van der Waals surface area contributed by atoms with E-state index >= 15 is 0 Å². The Bertz CT molecular complexity index is 847. The summed E-state index contributed by atoms with van der Waals surface area (Å²) in [5.41, 5.74) is 1.98. The van der Waals surface area contributed by atoms with Crippen LogP contribution < -0.4 is 10.2 Å². The van der Waals surface area contributed by atoms with E-state index in [9.17, 15) is 14.4 Å². The van der Waals surface area contributed by atoms with Gasteiger partial charge >= 0.3 is 5.97 Å². The number of ether oxygens (including phenoxy) is 1. The van der Waals surface area contributed by atoms with Crippen molar-refractivity contribution in [3.8, 4) is 0 Å². The molecule has 3 rings (SSSR count). The molecule has 1 aliphatic heterocycles. The Balaban J connectivity index is 2.08. The van der Waals surface area contributed by atoms with E-state index in [-0.39, 0.29) is 17.0 Å². The van der Waals surface area contributed by atoms with Gasteiger partial charge in [0.15, 0.2) is 0 Å². The van der Waals surface area contributed by atoms with Crippen LogP contribution in [0.4, 0.5) is 5.69 Å². The Kier molecular flexibility index (Phi) is 4.52. The molecule has 1 aliphatic rings. The average Bonchev–Trinajstić information content (AvgIpc) is 3.05. The Morgan fingerprint density at radius 2 is 1.68 bits per heavy atom. The fourth-order valence-corrected chi connectivity index (χ4v) is 3.10. The molecule has 1 atom stereocenters. The first-order valence-electron chi connectivity index (χ1n) is 7.89. The van der Waals surface area contributed by atoms with Crippen LogP contribution in [0, 0.1) is 0 Å². The summed E-state index contributed by atoms with van der Waals surface area (Å²) in [5.74, 6) is -1.24. The van der Waals surface area contributed by atoms with Gasteiger partial charge in [-0.2, -0.15) is 0 Å². The van der Waals surface area contributed by atoms with Crippen molar-refractivity contribution in [1.29, 1.82) is 0 Å². The standard InChI is InChI=1S/C19H18N2O4/c1-20-17(22)16-11-12-7-3-6-10-15(12)21(16)18(23)13-8-4-5-9-14(13)19(24)25-2/h3-10,16H,11H2,1-2H3,(H,20,22). The second kappa shape index (κ2) is 6.76. The monoisotopic (exact) mass is 338 g/mol. The molecule has 1 unspecified atom stereocenters. The summed E-state index contributed by atoms with van der Waals surface area (Å²) < 4.78 is 4.77. The summed E-state index contributed by atoms with van der Waals surface area (Å²) in [6.45, 7) is 0. The van der Waals surface area contributed by atoms with Crippen molar-refractivity contribution < 1.29 is 19.1 Å². The lowest BCUT2D eigenvalue weighted by atomic mass is 10.1. The van der Waals surface area contributed by atoms with E-state index in [1.54, 1.807) is 24.3 Å². The molecule has 0 aliphatic carbocycles. The van der Waals surface area contributed by atoms with Gasteiger partial charge in [0.1, 0.15) is 6.04 Å². The number of carbonyl (C=O) groups excluding carboxylic acids is 3. The molecule has 2 amide bonds. The van der Waals surface area contributed by atoms with E-state index in [0.29, 0.717) is 12.1 Å². The number of benzene rings is 2. The Morgan fingerprint density at radius 3 is 2.36 bits per heavy atom. The summed E-state index contributed by atoms with van der Waals surface area (Å²) in [4.78, 5) is 39.0. The minimum Gasteiger partial charge on any atom is -0.465 e. The van der Waals surface area contributed by atoms with E-state index in [1.807, 2.05) is 18.2 Å². The molecule has 1 N–H and O–H groups in total. The fraction of sp³-hybridized carbons (Fsp3) is 0.211. The van der Waals surface area contributed by atoms with Crippen molar-refractivity contribution in [2.45, 2.75) is 12.5 Å². The number of amides is 2. The van der Waals surface area contributed by atoms with Crippen molar-refractivity contribution in [1.82, 2.24) is 5.32 Å². The third kappa shape index (κ3) is 2.87. The van der Waals surface area contributed by atoms with E-state index in [1.165, 1.54) is 25.1 Å². The number of anilines is 1. The SMILES string of the molecule is CNC(=O)C1Cc2ccccc2N1C(=O)c1ccccc1C(=O)OC. The molecule has 2 aromatic rings. The topological polar surface area (TPSA) is 75.7 Å². The molecule has 0 aromatic heterocycles. The molecule has 0 saturated carbocycles. The molecular formula is C19H18N2O4. The lowest BCUT2D eigenvalue weighted by Gasteiger charge is -2.25. The second-order valence-electron chi connectivity index (χ2n) is 5.68. The molecular weight excluding hydrogens is 320 g/mol. The van der Waals surface area contributed by atoms with Crippen LogP contribution in [0.1, 0.15) is 26.3 Å². The van der Waals surface area contributed by atoms with Crippen LogP contribution in [-0.4, -0.2) is 38.0 Å². The highest BCUT2D eigenvalue weighted by Gasteiger charge is 2.39. The van der Waals surface area contributed by atoms with Crippen molar-refractivity contribution in [2.24, 2.45) is 0 Å². The number of carbonyl (C=O) groups is 3. The molecule has 0 fully saturated rings. The maximum Gasteiger partial charge on any atom is 0.338 e. The zero-order chi connectivity index (χ0) is 18.0. The smallest absolute Gasteiger partial charge is 0.338 e. The van der Waals surface area contributed by atoms with Crippen LogP contribution >= 0.6 is 0 Å². The summed E-state index contributed by atoms with van der Waals surface area (Å²) in [5, 5.41) is 2.60. The molecule has 2 aromatic carbocycles. The highest BCUT2D eigenvalue weighted by Crippen LogP contribution is 2.34. The third-order valence-corrected chi connectivity index (χ3v) is 4.31. The van der Waals surface area contributed by atoms with Crippen molar-refractivity contribution in [3.63, 3.8) is 0 Å². The summed E-state index contributed by atoms with van der Waals surface area (Å²) in [6, 6.07) is 13.2. The van der Waals surface area contributed by atoms with Gasteiger partial charge in [-0.1, -0.05) is 30.3 Å². The third-order valence-electron chi connectivity index (χ3n) is 4.31. The Hall–Kier alpha value is -3.15. The van der Waals surface area contributed by atoms with Crippen LogP contribution in [0.3, 0.4) is 0 Å². The van der Waals surface area contributed by atoms with Crippen LogP contribution in [0.25, 0.3) is 0 Å². The first-order chi connectivity index (χ1) is 12.1. The molecule has 0 spiro atoms. The molecule has 0 radical (unpaired) electrons. The van der Waals surface area contributed by atoms with Crippen LogP contribution in [0.5, 0.6) is 0 Å². The normalized spacial score (nSPS) is 15.4. The van der Waals surface area contributed by atoms with E-state index in [2.05, 4.69) is 5.32 Å². The van der Waals surface area contributed by atoms with Crippen LogP contribution in [0.2, 0.25) is 0 Å². The van der Waals surface area contributed by atoms with Gasteiger partial charge in [-0.3, -0.25) is 14.5 Å². The van der Waals surface area contributed by atoms with Gasteiger partial charge in [-0.15, -0.1) is 0 Å². The molecule has 128 valence electrons. The Labute approximate surface area is 145 Å². The zero-order valence-electron chi connectivity index (χ0n) is 14.0. The molecule has 25 heavy (non-hydrogen) atoms. The highest BCUT2D eigenvalue weighted by molar-refractivity contribution is 6.15. The predicted molar refractivity (Wildman–Crippen MR) is 92.6 cm³/mol. The number of rotatable bonds is 3. The van der Waals surface area contributed by atoms with Gasteiger partial charge in [0, 0.05) is 19.2 Å². The molecule has 6 nitrogen and oxygen atoms in total. The summed E-state index contributed by atoms with van der Waals surface area (Å²) in [7, 11) is 2.80. The minimum atomic E-state index is -0.652. The molecule has 1 heterocycles. The van der Waals surface area contributed by atoms with Gasteiger partial charge in [0.2, 0.25) is 5.91 Å². The van der Waals surface area contributed by atoms with Gasteiger partial charge < -0.3 is 10.1 Å². The minimum absolute atomic E-state index is 0.176. The van der Waals surface area contributed by atoms with Crippen molar-refractivity contribution in [3.05, 3.63) is 65.2 Å². The quantitative estimate of drug-likeness (QED) is 0.866. The lowest BCUT2D eigenvalue weighted by molar-refractivity contribution is -0.121. The van der Waals surface area contributed by atoms with Gasteiger partial charge in [0.25, 0.3) is 5.91 Å². The number of hydrogen-bond donors (Lipinski definition) is 1. The number of para-hydroxylation sites is 1. The van der Waals surface area contributed by atoms with E-state index in [4.69, 9.17) is 4.74 Å². The molecule has 6 heteroatoms. The number of likely N-dealkylation sites (N-methyl/N-ethyl adjacent to an activating group) is 1. The highest BCUT2D eigenvalue weighted by atomic mass is 16.5. The first kappa shape index (κ1) is 16.7. The van der Waals surface area contributed by atoms with Crippen LogP contribution in [0.15, 0.2) is 48.5 Å². The number of fused-ring (bicyclic) bond motifs is 1. The van der Waals surface area contributed by atoms with Crippen molar-refractivity contribution in [2.75, 3.05) is 19.1 Å². The summed E-state index contributed by atoms with van der Waals surface area (Å²) in [6.07, 6.45) is 0.433. The average molecular weight is 338 g/mol. The predicted octanol–water partition coefficient (Wildman–Crippen LogP) is 1.79. The van der Waals surface area contributed by atoms with Gasteiger partial charge in [-0.05, 0) is 23.8 Å². The van der Waals surface area contributed by atoms with E-state index < -0.39 is 17.9 Å². The molecule has 0 saturated heterocycles. The van der Waals surface area contributed by atoms with E-state index in [0.717, 1.165) is 5.56 Å². The Morgan fingerprint density at radius 1 is 1.04 bits per heavy atom. The number of hydrogen-bond acceptors (Lipinski definition) is 4. The number of methoxy groups -OCH3 is 1. The zero-order valence-corrected chi connectivity index (χ0v) is 14.0. The maximum absolute atomic E-state index is 13.2. The maximum atomic E-state index is 13.2. The number of esters is 1. The first-order valence-corrected chi connectivity index (χ1v) is 7.89. The van der Waals surface area contributed by atoms with Gasteiger partial charge in [0.05, 0.1) is 18.2 Å². The lowest BCUT2D eigenvalue weighted by Crippen LogP contribution is -2.47. The number of nitrogens with one attached hydrogen (secondary N) is 1. The fourth-order valence-electron chi connectivity index (χ4n) is 3.10. The van der Waals surface area contributed by atoms with Crippen LogP contribution in [-0.2, 0) is 16.0 Å². The van der Waals surface area contributed by atoms with Crippen molar-refractivity contribution >= 4 is 23.5 Å². The summed E-state index contributed by atoms with van der Waals surface area (Å²) >= 11 is 0. The van der Waals surface area contributed by atoms with Gasteiger partial charge in [-0.25, -0.2) is 4.79 Å².